The Morgan fingerprint density at radius 1 is 1.03 bits per heavy atom. The first-order valence-electron chi connectivity index (χ1n) is 10.7. The van der Waals surface area contributed by atoms with E-state index in [2.05, 4.69) is 9.71 Å². The van der Waals surface area contributed by atoms with Crippen LogP contribution in [0.5, 0.6) is 5.75 Å². The molecule has 36 heavy (non-hydrogen) atoms. The van der Waals surface area contributed by atoms with E-state index in [4.69, 9.17) is 27.9 Å². The van der Waals surface area contributed by atoms with Crippen LogP contribution in [0.15, 0.2) is 83.1 Å². The van der Waals surface area contributed by atoms with E-state index in [0.717, 1.165) is 5.56 Å². The molecule has 1 saturated heterocycles. The average Bonchev–Trinajstić information content (AvgIpc) is 3.36. The van der Waals surface area contributed by atoms with Crippen molar-refractivity contribution in [1.29, 1.82) is 0 Å². The standard InChI is InChI=1S/C25H19Cl2N3O4S2/c1-34-17-10-6-15(7-11-17)23-22(27)24(31)30(23)25-28-21(14-35-25)19-4-2-3-5-20(19)29-36(32,33)18-12-8-16(26)9-13-18/h2-14,22-23,29H,1H3. The molecule has 0 bridgehead atoms. The molecule has 0 spiro atoms. The van der Waals surface area contributed by atoms with Crippen molar-refractivity contribution in [2.75, 3.05) is 16.7 Å². The SMILES string of the molecule is COc1ccc(C2C(Cl)C(=O)N2c2nc(-c3ccccc3NS(=O)(=O)c3ccc(Cl)cc3)cs2)cc1. The number of alkyl halides is 1. The molecular formula is C25H19Cl2N3O4S2. The minimum absolute atomic E-state index is 0.0855. The van der Waals surface area contributed by atoms with Gasteiger partial charge in [0, 0.05) is 16.0 Å². The summed E-state index contributed by atoms with van der Waals surface area (Å²) in [6.07, 6.45) is 0. The molecule has 184 valence electrons. The van der Waals surface area contributed by atoms with Crippen molar-refractivity contribution in [3.63, 3.8) is 0 Å². The number of anilines is 2. The largest absolute Gasteiger partial charge is 0.497 e. The van der Waals surface area contributed by atoms with Crippen LogP contribution in [0.3, 0.4) is 0 Å². The number of para-hydroxylation sites is 1. The number of thiazole rings is 1. The van der Waals surface area contributed by atoms with Crippen LogP contribution in [0.1, 0.15) is 11.6 Å². The van der Waals surface area contributed by atoms with Gasteiger partial charge in [-0.05, 0) is 48.0 Å². The number of hydrogen-bond acceptors (Lipinski definition) is 6. The number of hydrogen-bond donors (Lipinski definition) is 1. The number of rotatable bonds is 7. The Morgan fingerprint density at radius 2 is 1.72 bits per heavy atom. The van der Waals surface area contributed by atoms with Crippen molar-refractivity contribution in [2.45, 2.75) is 16.3 Å². The predicted octanol–water partition coefficient (Wildman–Crippen LogP) is 5.97. The Labute approximate surface area is 222 Å². The number of carbonyl (C=O) groups excluding carboxylic acids is 1. The topological polar surface area (TPSA) is 88.6 Å². The average molecular weight is 560 g/mol. The Morgan fingerprint density at radius 3 is 2.42 bits per heavy atom. The Bertz CT molecular complexity index is 1520. The molecule has 11 heteroatoms. The van der Waals surface area contributed by atoms with Gasteiger partial charge in [0.15, 0.2) is 5.13 Å². The van der Waals surface area contributed by atoms with Crippen molar-refractivity contribution >= 4 is 61.3 Å². The maximum Gasteiger partial charge on any atom is 0.261 e. The zero-order valence-corrected chi connectivity index (χ0v) is 21.9. The molecule has 4 aromatic rings. The zero-order valence-electron chi connectivity index (χ0n) is 18.8. The van der Waals surface area contributed by atoms with Crippen LogP contribution < -0.4 is 14.4 Å². The summed E-state index contributed by atoms with van der Waals surface area (Å²) in [6, 6.07) is 19.8. The zero-order chi connectivity index (χ0) is 25.4. The summed E-state index contributed by atoms with van der Waals surface area (Å²) in [7, 11) is -2.27. The lowest BCUT2D eigenvalue weighted by Gasteiger charge is -2.42. The third kappa shape index (κ3) is 4.55. The van der Waals surface area contributed by atoms with Gasteiger partial charge in [0.1, 0.15) is 11.1 Å². The van der Waals surface area contributed by atoms with E-state index >= 15 is 0 Å². The number of ether oxygens (including phenoxy) is 1. The van der Waals surface area contributed by atoms with Gasteiger partial charge in [0.25, 0.3) is 10.0 Å². The van der Waals surface area contributed by atoms with Crippen LogP contribution in [0.2, 0.25) is 5.02 Å². The van der Waals surface area contributed by atoms with Crippen molar-refractivity contribution in [2.24, 2.45) is 0 Å². The number of methoxy groups -OCH3 is 1. The van der Waals surface area contributed by atoms with Gasteiger partial charge in [-0.2, -0.15) is 0 Å². The highest BCUT2D eigenvalue weighted by Crippen LogP contribution is 2.44. The van der Waals surface area contributed by atoms with Gasteiger partial charge in [-0.25, -0.2) is 13.4 Å². The molecule has 7 nitrogen and oxygen atoms in total. The molecule has 2 heterocycles. The fourth-order valence-corrected chi connectivity index (χ4v) is 6.33. The number of halogens is 2. The van der Waals surface area contributed by atoms with Gasteiger partial charge in [-0.1, -0.05) is 41.9 Å². The first-order valence-corrected chi connectivity index (χ1v) is 13.9. The van der Waals surface area contributed by atoms with Gasteiger partial charge in [0.2, 0.25) is 5.91 Å². The summed E-state index contributed by atoms with van der Waals surface area (Å²) in [5, 5.41) is 1.99. The maximum absolute atomic E-state index is 12.9. The second-order valence-electron chi connectivity index (χ2n) is 7.95. The van der Waals surface area contributed by atoms with E-state index in [1.165, 1.54) is 35.6 Å². The van der Waals surface area contributed by atoms with E-state index in [0.29, 0.717) is 32.8 Å². The number of β-lactam (4-membered cyclic amide) rings is 1. The molecule has 1 aliphatic rings. The Balaban J connectivity index is 1.44. The molecule has 2 unspecified atom stereocenters. The lowest BCUT2D eigenvalue weighted by Crippen LogP contribution is -2.56. The summed E-state index contributed by atoms with van der Waals surface area (Å²) < 4.78 is 33.7. The number of amides is 1. The van der Waals surface area contributed by atoms with Crippen LogP contribution in [-0.4, -0.2) is 31.8 Å². The summed E-state index contributed by atoms with van der Waals surface area (Å²) >= 11 is 13.6. The van der Waals surface area contributed by atoms with Gasteiger partial charge >= 0.3 is 0 Å². The third-order valence-electron chi connectivity index (χ3n) is 5.76. The van der Waals surface area contributed by atoms with Crippen molar-refractivity contribution in [3.8, 4) is 17.0 Å². The van der Waals surface area contributed by atoms with E-state index < -0.39 is 15.4 Å². The maximum atomic E-state index is 12.9. The van der Waals surface area contributed by atoms with E-state index in [9.17, 15) is 13.2 Å². The second-order valence-corrected chi connectivity index (χ2v) is 11.4. The number of aromatic nitrogens is 1. The fraction of sp³-hybridized carbons (Fsp3) is 0.120. The van der Waals surface area contributed by atoms with Crippen LogP contribution in [0.25, 0.3) is 11.3 Å². The first kappa shape index (κ1) is 24.6. The number of nitrogens with zero attached hydrogens (tertiary/aromatic N) is 2. The van der Waals surface area contributed by atoms with Gasteiger partial charge in [0.05, 0.1) is 29.4 Å². The smallest absolute Gasteiger partial charge is 0.261 e. The monoisotopic (exact) mass is 559 g/mol. The molecular weight excluding hydrogens is 541 g/mol. The molecule has 1 N–H and O–H groups in total. The van der Waals surface area contributed by atoms with Gasteiger partial charge in [-0.3, -0.25) is 14.4 Å². The summed E-state index contributed by atoms with van der Waals surface area (Å²) in [4.78, 5) is 19.0. The number of nitrogens with one attached hydrogen (secondary N) is 1. The predicted molar refractivity (Wildman–Crippen MR) is 143 cm³/mol. The minimum Gasteiger partial charge on any atom is -0.497 e. The summed E-state index contributed by atoms with van der Waals surface area (Å²) in [6.45, 7) is 0. The highest BCUT2D eigenvalue weighted by Gasteiger charge is 2.49. The quantitative estimate of drug-likeness (QED) is 0.222. The number of benzene rings is 3. The van der Waals surface area contributed by atoms with Gasteiger partial charge in [-0.15, -0.1) is 22.9 Å². The molecule has 0 aliphatic carbocycles. The van der Waals surface area contributed by atoms with Crippen molar-refractivity contribution in [3.05, 3.63) is 88.8 Å². The van der Waals surface area contributed by atoms with Crippen LogP contribution >= 0.6 is 34.5 Å². The van der Waals surface area contributed by atoms with E-state index in [-0.39, 0.29) is 16.8 Å². The lowest BCUT2D eigenvalue weighted by molar-refractivity contribution is -0.123. The second kappa shape index (κ2) is 9.74. The Hall–Kier alpha value is -3.11. The summed E-state index contributed by atoms with van der Waals surface area (Å²) in [5.74, 6) is 0.464. The molecule has 1 aromatic heterocycles. The molecule has 5 rings (SSSR count). The third-order valence-corrected chi connectivity index (χ3v) is 8.65. The van der Waals surface area contributed by atoms with Crippen LogP contribution in [0, 0.1) is 0 Å². The van der Waals surface area contributed by atoms with Crippen molar-refractivity contribution in [1.82, 2.24) is 4.98 Å². The highest BCUT2D eigenvalue weighted by atomic mass is 35.5. The Kier molecular flexibility index (Phi) is 6.65. The lowest BCUT2D eigenvalue weighted by atomic mass is 9.94. The first-order chi connectivity index (χ1) is 17.3. The van der Waals surface area contributed by atoms with Crippen LogP contribution in [0.4, 0.5) is 10.8 Å². The normalized spacial score (nSPS) is 17.5. The molecule has 1 amide bonds. The molecule has 3 aromatic carbocycles. The van der Waals surface area contributed by atoms with Crippen molar-refractivity contribution < 1.29 is 17.9 Å². The molecule has 1 aliphatic heterocycles. The van der Waals surface area contributed by atoms with E-state index in [1.807, 2.05) is 24.3 Å². The summed E-state index contributed by atoms with van der Waals surface area (Å²) in [5.41, 5.74) is 2.34. The number of sulfonamides is 1. The molecule has 2 atom stereocenters. The minimum atomic E-state index is -3.86. The van der Waals surface area contributed by atoms with Gasteiger partial charge < -0.3 is 4.74 Å². The number of carbonyl (C=O) groups is 1. The molecule has 0 saturated carbocycles. The molecule has 0 radical (unpaired) electrons. The highest BCUT2D eigenvalue weighted by molar-refractivity contribution is 7.92. The fourth-order valence-electron chi connectivity index (χ4n) is 3.90. The van der Waals surface area contributed by atoms with E-state index in [1.54, 1.807) is 41.7 Å². The van der Waals surface area contributed by atoms with Crippen LogP contribution in [-0.2, 0) is 14.8 Å². The molecule has 1 fully saturated rings.